The number of benzene rings is 1. The molecule has 8 heteroatoms. The summed E-state index contributed by atoms with van der Waals surface area (Å²) in [6.45, 7) is 6.08. The van der Waals surface area contributed by atoms with Crippen molar-refractivity contribution in [3.05, 3.63) is 48.9 Å². The van der Waals surface area contributed by atoms with Crippen LogP contribution in [0.25, 0.3) is 4.96 Å². The van der Waals surface area contributed by atoms with Crippen molar-refractivity contribution in [1.82, 2.24) is 19.8 Å². The molecule has 0 N–H and O–H groups in total. The first-order valence-electron chi connectivity index (χ1n) is 6.99. The van der Waals surface area contributed by atoms with Crippen molar-refractivity contribution in [1.29, 1.82) is 0 Å². The molecule has 0 fully saturated rings. The van der Waals surface area contributed by atoms with E-state index in [1.165, 1.54) is 15.9 Å². The molecule has 0 spiro atoms. The van der Waals surface area contributed by atoms with Crippen molar-refractivity contribution in [2.75, 3.05) is 0 Å². The zero-order valence-corrected chi connectivity index (χ0v) is 15.9. The third kappa shape index (κ3) is 3.52. The predicted octanol–water partition coefficient (Wildman–Crippen LogP) is 3.03. The lowest BCUT2D eigenvalue weighted by molar-refractivity contribution is 0.304. The Morgan fingerprint density at radius 1 is 1.22 bits per heavy atom. The maximum Gasteiger partial charge on any atom is 0.297 e. The molecule has 2 heterocycles. The van der Waals surface area contributed by atoms with Gasteiger partial charge >= 0.3 is 0 Å². The van der Waals surface area contributed by atoms with E-state index in [9.17, 15) is 4.79 Å². The summed E-state index contributed by atoms with van der Waals surface area (Å²) in [7, 11) is 0. The molecule has 0 aliphatic carbocycles. The van der Waals surface area contributed by atoms with Gasteiger partial charge in [0, 0.05) is 8.99 Å². The zero-order chi connectivity index (χ0) is 16.6. The van der Waals surface area contributed by atoms with Crippen LogP contribution in [0.1, 0.15) is 31.5 Å². The highest BCUT2D eigenvalue weighted by Crippen LogP contribution is 2.19. The van der Waals surface area contributed by atoms with Crippen molar-refractivity contribution in [2.45, 2.75) is 32.8 Å². The van der Waals surface area contributed by atoms with Gasteiger partial charge in [-0.2, -0.15) is 9.61 Å². The van der Waals surface area contributed by atoms with Gasteiger partial charge in [0.1, 0.15) is 18.1 Å². The number of halogens is 1. The fourth-order valence-corrected chi connectivity index (χ4v) is 3.06. The first-order valence-corrected chi connectivity index (χ1v) is 8.88. The molecule has 0 saturated carbocycles. The Kier molecular flexibility index (Phi) is 4.37. The van der Waals surface area contributed by atoms with Crippen LogP contribution in [0, 0.1) is 3.57 Å². The van der Waals surface area contributed by atoms with Crippen LogP contribution in [-0.4, -0.2) is 19.8 Å². The molecule has 6 nitrogen and oxygen atoms in total. The molecule has 0 aliphatic heterocycles. The molecule has 23 heavy (non-hydrogen) atoms. The topological polar surface area (TPSA) is 69.4 Å². The summed E-state index contributed by atoms with van der Waals surface area (Å²) in [6, 6.07) is 7.75. The molecule has 0 bridgehead atoms. The van der Waals surface area contributed by atoms with Crippen LogP contribution in [0.4, 0.5) is 0 Å². The van der Waals surface area contributed by atoms with Gasteiger partial charge in [-0.3, -0.25) is 4.79 Å². The lowest BCUT2D eigenvalue weighted by atomic mass is 9.93. The second-order valence-corrected chi connectivity index (χ2v) is 8.32. The third-order valence-corrected chi connectivity index (χ3v) is 4.71. The van der Waals surface area contributed by atoms with Gasteiger partial charge in [0.05, 0.1) is 0 Å². The van der Waals surface area contributed by atoms with Crippen LogP contribution in [0.5, 0.6) is 5.75 Å². The molecule has 3 aromatic rings. The molecular formula is C15H15IN4O2S. The second kappa shape index (κ2) is 6.16. The molecule has 0 radical (unpaired) electrons. The highest BCUT2D eigenvalue weighted by atomic mass is 127. The summed E-state index contributed by atoms with van der Waals surface area (Å²) in [5, 5.41) is 13.2. The van der Waals surface area contributed by atoms with Crippen molar-refractivity contribution >= 4 is 38.9 Å². The van der Waals surface area contributed by atoms with Gasteiger partial charge in [-0.1, -0.05) is 32.1 Å². The molecule has 0 atom stereocenters. The average molecular weight is 442 g/mol. The number of rotatable bonds is 3. The Bertz CT molecular complexity index is 896. The second-order valence-electron chi connectivity index (χ2n) is 6.04. The minimum absolute atomic E-state index is 0.223. The number of hydrogen-bond acceptors (Lipinski definition) is 6. The highest BCUT2D eigenvalue weighted by Gasteiger charge is 2.23. The molecular weight excluding hydrogens is 427 g/mol. The van der Waals surface area contributed by atoms with Crippen molar-refractivity contribution in [3.63, 3.8) is 0 Å². The summed E-state index contributed by atoms with van der Waals surface area (Å²) in [5.74, 6) is 0.762. The van der Waals surface area contributed by atoms with Crippen molar-refractivity contribution in [3.8, 4) is 5.75 Å². The SMILES string of the molecule is CC(C)(C)c1nnc2sc(COc3ccc(I)cc3)nn2c1=O. The number of aromatic nitrogens is 4. The van der Waals surface area contributed by atoms with Crippen molar-refractivity contribution < 1.29 is 4.74 Å². The quantitative estimate of drug-likeness (QED) is 0.584. The van der Waals surface area contributed by atoms with Crippen LogP contribution in [0.3, 0.4) is 0 Å². The van der Waals surface area contributed by atoms with E-state index in [0.717, 1.165) is 9.32 Å². The standard InChI is InChI=1S/C15H15IN4O2S/c1-15(2,3)12-13(21)20-14(18-17-12)23-11(19-20)8-22-10-6-4-9(16)5-7-10/h4-7H,8H2,1-3H3. The smallest absolute Gasteiger partial charge is 0.297 e. The Balaban J connectivity index is 1.87. The summed E-state index contributed by atoms with van der Waals surface area (Å²) in [4.78, 5) is 12.9. The van der Waals surface area contributed by atoms with E-state index >= 15 is 0 Å². The molecule has 3 rings (SSSR count). The normalized spacial score (nSPS) is 11.8. The average Bonchev–Trinajstić information content (AvgIpc) is 2.90. The summed E-state index contributed by atoms with van der Waals surface area (Å²) >= 11 is 3.54. The molecule has 120 valence electrons. The Morgan fingerprint density at radius 3 is 2.57 bits per heavy atom. The van der Waals surface area contributed by atoms with Crippen LogP contribution in [0.15, 0.2) is 29.1 Å². The van der Waals surface area contributed by atoms with Gasteiger partial charge in [-0.05, 0) is 46.9 Å². The van der Waals surface area contributed by atoms with E-state index < -0.39 is 0 Å². The van der Waals surface area contributed by atoms with Crippen LogP contribution < -0.4 is 10.3 Å². The fraction of sp³-hybridized carbons (Fsp3) is 0.333. The number of nitrogens with zero attached hydrogens (tertiary/aromatic N) is 4. The van der Waals surface area contributed by atoms with Gasteiger partial charge < -0.3 is 4.74 Å². The Hall–Kier alpha value is -1.55. The Labute approximate surface area is 150 Å². The van der Waals surface area contributed by atoms with Gasteiger partial charge in [-0.25, -0.2) is 0 Å². The first kappa shape index (κ1) is 16.3. The zero-order valence-electron chi connectivity index (χ0n) is 12.9. The Morgan fingerprint density at radius 2 is 1.91 bits per heavy atom. The van der Waals surface area contributed by atoms with Crippen LogP contribution in [-0.2, 0) is 12.0 Å². The highest BCUT2D eigenvalue weighted by molar-refractivity contribution is 14.1. The molecule has 2 aromatic heterocycles. The van der Waals surface area contributed by atoms with E-state index in [0.29, 0.717) is 22.3 Å². The van der Waals surface area contributed by atoms with Crippen LogP contribution in [0.2, 0.25) is 0 Å². The fourth-order valence-electron chi connectivity index (χ4n) is 1.96. The third-order valence-electron chi connectivity index (χ3n) is 3.12. The first-order chi connectivity index (χ1) is 10.8. The van der Waals surface area contributed by atoms with E-state index in [2.05, 4.69) is 37.9 Å². The van der Waals surface area contributed by atoms with Gasteiger partial charge in [0.25, 0.3) is 5.56 Å². The number of ether oxygens (including phenoxy) is 1. The lowest BCUT2D eigenvalue weighted by Gasteiger charge is -2.14. The summed E-state index contributed by atoms with van der Waals surface area (Å²) in [5.41, 5.74) is -0.183. The molecule has 0 unspecified atom stereocenters. The molecule has 0 aliphatic rings. The van der Waals surface area contributed by atoms with Crippen LogP contribution >= 0.6 is 33.9 Å². The predicted molar refractivity (Wildman–Crippen MR) is 97.1 cm³/mol. The monoisotopic (exact) mass is 442 g/mol. The maximum absolute atomic E-state index is 12.5. The van der Waals surface area contributed by atoms with Gasteiger partial charge in [0.2, 0.25) is 4.96 Å². The van der Waals surface area contributed by atoms with E-state index in [4.69, 9.17) is 4.74 Å². The van der Waals surface area contributed by atoms with Gasteiger partial charge in [-0.15, -0.1) is 10.2 Å². The molecule has 1 aromatic carbocycles. The van der Waals surface area contributed by atoms with E-state index in [1.54, 1.807) is 0 Å². The molecule has 0 saturated heterocycles. The summed E-state index contributed by atoms with van der Waals surface area (Å²) in [6.07, 6.45) is 0. The lowest BCUT2D eigenvalue weighted by Crippen LogP contribution is -2.30. The minimum Gasteiger partial charge on any atom is -0.486 e. The number of hydrogen-bond donors (Lipinski definition) is 0. The van der Waals surface area contributed by atoms with Gasteiger partial charge in [0.15, 0.2) is 5.01 Å². The minimum atomic E-state index is -0.368. The van der Waals surface area contributed by atoms with E-state index in [-0.39, 0.29) is 11.0 Å². The number of fused-ring (bicyclic) bond motifs is 1. The van der Waals surface area contributed by atoms with Crippen molar-refractivity contribution in [2.24, 2.45) is 0 Å². The molecule has 0 amide bonds. The largest absolute Gasteiger partial charge is 0.486 e. The van der Waals surface area contributed by atoms with E-state index in [1.807, 2.05) is 45.0 Å². The maximum atomic E-state index is 12.5. The summed E-state index contributed by atoms with van der Waals surface area (Å²) < 4.78 is 8.15.